The third-order valence-corrected chi connectivity index (χ3v) is 3.84. The molecule has 0 saturated carbocycles. The summed E-state index contributed by atoms with van der Waals surface area (Å²) in [5.41, 5.74) is 0.720. The molecule has 8 heteroatoms. The van der Waals surface area contributed by atoms with Crippen LogP contribution in [0.2, 0.25) is 0 Å². The molecule has 2 aromatic heterocycles. The molecule has 23 heavy (non-hydrogen) atoms. The van der Waals surface area contributed by atoms with Gasteiger partial charge in [0.05, 0.1) is 18.7 Å². The maximum atomic E-state index is 12.3. The van der Waals surface area contributed by atoms with E-state index >= 15 is 0 Å². The summed E-state index contributed by atoms with van der Waals surface area (Å²) in [7, 11) is 1.67. The molecule has 0 aromatic carbocycles. The Labute approximate surface area is 133 Å². The maximum Gasteiger partial charge on any atom is 0.244 e. The fraction of sp³-hybridized carbons (Fsp3) is 0.467. The Balaban J connectivity index is 1.67. The molecule has 3 rings (SSSR count). The lowest BCUT2D eigenvalue weighted by Gasteiger charge is -2.20. The zero-order valence-electron chi connectivity index (χ0n) is 13.1. The van der Waals surface area contributed by atoms with Crippen LogP contribution in [0.25, 0.3) is 0 Å². The molecule has 0 bridgehead atoms. The predicted molar refractivity (Wildman–Crippen MR) is 81.6 cm³/mol. The molecule has 1 fully saturated rings. The van der Waals surface area contributed by atoms with Crippen LogP contribution in [0.3, 0.4) is 0 Å². The van der Waals surface area contributed by atoms with Gasteiger partial charge in [0, 0.05) is 31.7 Å². The third-order valence-electron chi connectivity index (χ3n) is 3.84. The first kappa shape index (κ1) is 15.6. The van der Waals surface area contributed by atoms with Gasteiger partial charge in [0.1, 0.15) is 0 Å². The first-order valence-corrected chi connectivity index (χ1v) is 7.42. The van der Waals surface area contributed by atoms with E-state index in [2.05, 4.69) is 20.4 Å². The molecule has 1 saturated heterocycles. The second kappa shape index (κ2) is 6.84. The van der Waals surface area contributed by atoms with Gasteiger partial charge in [0.25, 0.3) is 0 Å². The number of likely N-dealkylation sites (tertiary alicyclic amines) is 1. The Hall–Kier alpha value is -2.32. The van der Waals surface area contributed by atoms with Gasteiger partial charge in [-0.25, -0.2) is 0 Å². The van der Waals surface area contributed by atoms with Crippen LogP contribution in [0.15, 0.2) is 29.0 Å². The number of aromatic nitrogens is 3. The molecule has 8 nitrogen and oxygen atoms in total. The lowest BCUT2D eigenvalue weighted by molar-refractivity contribution is -0.117. The van der Waals surface area contributed by atoms with E-state index in [0.29, 0.717) is 18.3 Å². The highest BCUT2D eigenvalue weighted by Gasteiger charge is 2.37. The summed E-state index contributed by atoms with van der Waals surface area (Å²) >= 11 is 0. The fourth-order valence-electron chi connectivity index (χ4n) is 2.73. The minimum Gasteiger partial charge on any atom is -0.380 e. The van der Waals surface area contributed by atoms with Crippen molar-refractivity contribution >= 4 is 11.6 Å². The van der Waals surface area contributed by atoms with E-state index in [4.69, 9.17) is 9.26 Å². The Bertz CT molecular complexity index is 660. The molecule has 122 valence electrons. The number of carbonyl (C=O) groups is 1. The highest BCUT2D eigenvalue weighted by Crippen LogP contribution is 2.32. The average Bonchev–Trinajstić information content (AvgIpc) is 3.14. The second-order valence-electron chi connectivity index (χ2n) is 5.50. The summed E-state index contributed by atoms with van der Waals surface area (Å²) in [5.74, 6) is 1.01. The van der Waals surface area contributed by atoms with Gasteiger partial charge in [-0.15, -0.1) is 0 Å². The molecule has 1 N–H and O–H groups in total. The number of hydrogen-bond acceptors (Lipinski definition) is 7. The van der Waals surface area contributed by atoms with Crippen LogP contribution < -0.4 is 5.32 Å². The smallest absolute Gasteiger partial charge is 0.244 e. The summed E-state index contributed by atoms with van der Waals surface area (Å²) in [5, 5.41) is 6.68. The first-order chi connectivity index (χ1) is 11.2. The van der Waals surface area contributed by atoms with Gasteiger partial charge < -0.3 is 14.6 Å². The van der Waals surface area contributed by atoms with E-state index in [0.717, 1.165) is 12.1 Å². The summed E-state index contributed by atoms with van der Waals surface area (Å²) < 4.78 is 10.7. The number of rotatable bonds is 5. The molecule has 0 unspecified atom stereocenters. The van der Waals surface area contributed by atoms with Crippen LogP contribution in [0, 0.1) is 6.92 Å². The monoisotopic (exact) mass is 317 g/mol. The van der Waals surface area contributed by atoms with Crippen LogP contribution in [0.5, 0.6) is 0 Å². The number of nitrogens with zero attached hydrogens (tertiary/aromatic N) is 4. The molecule has 0 spiro atoms. The van der Waals surface area contributed by atoms with Crippen LogP contribution in [-0.4, -0.2) is 52.2 Å². The number of aryl methyl sites for hydroxylation is 1. The standard InChI is InChI=1S/C15H19N5O3/c1-10-17-15(23-19-10)13-7-12(22-2)8-20(13)9-14(21)18-11-3-5-16-6-4-11/h3-6,12-13H,7-9H2,1-2H3,(H,16,18,21)/t12-,13+/m0/s1. The van der Waals surface area contributed by atoms with Gasteiger partial charge in [-0.05, 0) is 25.5 Å². The number of carbonyl (C=O) groups excluding carboxylic acids is 1. The van der Waals surface area contributed by atoms with Gasteiger partial charge in [-0.1, -0.05) is 5.16 Å². The zero-order chi connectivity index (χ0) is 16.2. The Kier molecular flexibility index (Phi) is 4.63. The largest absolute Gasteiger partial charge is 0.380 e. The van der Waals surface area contributed by atoms with Crippen molar-refractivity contribution in [2.24, 2.45) is 0 Å². The molecule has 1 aliphatic heterocycles. The summed E-state index contributed by atoms with van der Waals surface area (Å²) in [4.78, 5) is 22.5. The molecule has 2 atom stereocenters. The average molecular weight is 317 g/mol. The van der Waals surface area contributed by atoms with Crippen molar-refractivity contribution < 1.29 is 14.1 Å². The molecular weight excluding hydrogens is 298 g/mol. The molecule has 0 radical (unpaired) electrons. The van der Waals surface area contributed by atoms with Crippen LogP contribution >= 0.6 is 0 Å². The first-order valence-electron chi connectivity index (χ1n) is 7.42. The van der Waals surface area contributed by atoms with Gasteiger partial charge in [-0.2, -0.15) is 4.98 Å². The van der Waals surface area contributed by atoms with E-state index < -0.39 is 0 Å². The SMILES string of the molecule is CO[C@H]1C[C@H](c2nc(C)no2)N(CC(=O)Nc2ccncc2)C1. The van der Waals surface area contributed by atoms with Crippen molar-refractivity contribution in [1.82, 2.24) is 20.0 Å². The van der Waals surface area contributed by atoms with Crippen molar-refractivity contribution in [2.45, 2.75) is 25.5 Å². The number of anilines is 1. The normalized spacial score (nSPS) is 21.5. The minimum atomic E-state index is -0.107. The number of ether oxygens (including phenoxy) is 1. The second-order valence-corrected chi connectivity index (χ2v) is 5.50. The molecule has 1 amide bonds. The summed E-state index contributed by atoms with van der Waals surface area (Å²) in [6.07, 6.45) is 4.04. The van der Waals surface area contributed by atoms with Gasteiger partial charge in [-0.3, -0.25) is 14.7 Å². The Morgan fingerprint density at radius 3 is 2.91 bits per heavy atom. The highest BCUT2D eigenvalue weighted by atomic mass is 16.5. The van der Waals surface area contributed by atoms with Gasteiger partial charge >= 0.3 is 0 Å². The van der Waals surface area contributed by atoms with Crippen LogP contribution in [0.4, 0.5) is 5.69 Å². The fourth-order valence-corrected chi connectivity index (χ4v) is 2.73. The van der Waals surface area contributed by atoms with E-state index in [1.807, 2.05) is 4.90 Å². The summed E-state index contributed by atoms with van der Waals surface area (Å²) in [6, 6.07) is 3.39. The Morgan fingerprint density at radius 2 is 2.26 bits per heavy atom. The predicted octanol–water partition coefficient (Wildman–Crippen LogP) is 1.17. The molecule has 0 aliphatic carbocycles. The highest BCUT2D eigenvalue weighted by molar-refractivity contribution is 5.92. The number of hydrogen-bond donors (Lipinski definition) is 1. The molecule has 3 heterocycles. The van der Waals surface area contributed by atoms with Crippen molar-refractivity contribution in [3.63, 3.8) is 0 Å². The quantitative estimate of drug-likeness (QED) is 0.884. The van der Waals surface area contributed by atoms with E-state index in [1.54, 1.807) is 38.6 Å². The Morgan fingerprint density at radius 1 is 1.48 bits per heavy atom. The molecular formula is C15H19N5O3. The zero-order valence-corrected chi connectivity index (χ0v) is 13.1. The van der Waals surface area contributed by atoms with Crippen molar-refractivity contribution in [3.05, 3.63) is 36.2 Å². The van der Waals surface area contributed by atoms with E-state index in [-0.39, 0.29) is 24.6 Å². The number of pyridine rings is 1. The van der Waals surface area contributed by atoms with Crippen molar-refractivity contribution in [2.75, 3.05) is 25.5 Å². The topological polar surface area (TPSA) is 93.4 Å². The molecule has 1 aliphatic rings. The van der Waals surface area contributed by atoms with Crippen LogP contribution in [-0.2, 0) is 9.53 Å². The molecule has 2 aromatic rings. The lowest BCUT2D eigenvalue weighted by atomic mass is 10.2. The maximum absolute atomic E-state index is 12.3. The number of nitrogens with one attached hydrogen (secondary N) is 1. The minimum absolute atomic E-state index is 0.0425. The van der Waals surface area contributed by atoms with Crippen molar-refractivity contribution in [3.8, 4) is 0 Å². The van der Waals surface area contributed by atoms with E-state index in [9.17, 15) is 4.79 Å². The number of methoxy groups -OCH3 is 1. The van der Waals surface area contributed by atoms with Crippen molar-refractivity contribution in [1.29, 1.82) is 0 Å². The summed E-state index contributed by atoms with van der Waals surface area (Å²) in [6.45, 7) is 2.65. The number of amides is 1. The lowest BCUT2D eigenvalue weighted by Crippen LogP contribution is -2.34. The van der Waals surface area contributed by atoms with E-state index in [1.165, 1.54) is 0 Å². The van der Waals surface area contributed by atoms with Gasteiger partial charge in [0.2, 0.25) is 11.8 Å². The third kappa shape index (κ3) is 3.72. The van der Waals surface area contributed by atoms with Gasteiger partial charge in [0.15, 0.2) is 5.82 Å². The van der Waals surface area contributed by atoms with Crippen LogP contribution in [0.1, 0.15) is 24.2 Å².